The summed E-state index contributed by atoms with van der Waals surface area (Å²) in [6.45, 7) is -0.830. The van der Waals surface area contributed by atoms with E-state index in [0.717, 1.165) is 16.7 Å². The van der Waals surface area contributed by atoms with Gasteiger partial charge in [-0.25, -0.2) is 19.2 Å². The number of aliphatic hydroxyl groups is 1. The van der Waals surface area contributed by atoms with Crippen LogP contribution in [0.2, 0.25) is 0 Å². The highest BCUT2D eigenvalue weighted by Crippen LogP contribution is 2.36. The van der Waals surface area contributed by atoms with E-state index >= 15 is 0 Å². The van der Waals surface area contributed by atoms with E-state index in [1.54, 1.807) is 97.1 Å². The van der Waals surface area contributed by atoms with Crippen molar-refractivity contribution in [3.8, 4) is 0 Å². The van der Waals surface area contributed by atoms with Crippen LogP contribution in [-0.4, -0.2) is 104 Å². The first-order chi connectivity index (χ1) is 37.3. The van der Waals surface area contributed by atoms with Gasteiger partial charge in [0.1, 0.15) is 49.8 Å². The number of esters is 4. The maximum Gasteiger partial charge on any atom is 0.338 e. The van der Waals surface area contributed by atoms with E-state index in [-0.39, 0.29) is 43.1 Å². The van der Waals surface area contributed by atoms with E-state index in [9.17, 15) is 24.3 Å². The van der Waals surface area contributed by atoms with Crippen LogP contribution in [0.3, 0.4) is 0 Å². The Morgan fingerprint density at radius 3 is 1.09 bits per heavy atom. The Morgan fingerprint density at radius 2 is 0.684 bits per heavy atom. The zero-order valence-corrected chi connectivity index (χ0v) is 41.2. The molecule has 9 rings (SSSR count). The second-order valence-corrected chi connectivity index (χ2v) is 17.9. The summed E-state index contributed by atoms with van der Waals surface area (Å²) in [4.78, 5) is 55.5. The molecule has 2 heterocycles. The van der Waals surface area contributed by atoms with Crippen molar-refractivity contribution in [2.24, 2.45) is 0 Å². The third-order valence-electron chi connectivity index (χ3n) is 12.6. The minimum atomic E-state index is -1.97. The first-order valence-electron chi connectivity index (χ1n) is 24.8. The summed E-state index contributed by atoms with van der Waals surface area (Å²) in [6.07, 6.45) is -14.5. The van der Waals surface area contributed by atoms with E-state index in [2.05, 4.69) is 0 Å². The number of ether oxygens (including phenoxy) is 10. The fourth-order valence-electron chi connectivity index (χ4n) is 8.76. The van der Waals surface area contributed by atoms with Crippen LogP contribution in [0.4, 0.5) is 0 Å². The molecule has 0 amide bonds. The zero-order chi connectivity index (χ0) is 52.5. The minimum absolute atomic E-state index is 0.000716. The number of carbonyl (C=O) groups is 4. The van der Waals surface area contributed by atoms with Crippen LogP contribution in [0.5, 0.6) is 0 Å². The lowest BCUT2D eigenvalue weighted by atomic mass is 9.95. The molecular formula is C61H56O15. The van der Waals surface area contributed by atoms with Crippen LogP contribution < -0.4 is 0 Å². The second kappa shape index (κ2) is 26.6. The third kappa shape index (κ3) is 14.1. The van der Waals surface area contributed by atoms with Gasteiger partial charge in [0.2, 0.25) is 0 Å². The van der Waals surface area contributed by atoms with Gasteiger partial charge in [0.25, 0.3) is 0 Å². The molecule has 1 N–H and O–H groups in total. The van der Waals surface area contributed by atoms with Crippen LogP contribution in [0.25, 0.3) is 0 Å². The minimum Gasteiger partial charge on any atom is -0.459 e. The molecule has 390 valence electrons. The van der Waals surface area contributed by atoms with Crippen LogP contribution in [-0.2, 0) is 67.2 Å². The highest BCUT2D eigenvalue weighted by molar-refractivity contribution is 5.91. The Hall–Kier alpha value is -7.86. The maximum atomic E-state index is 14.3. The largest absolute Gasteiger partial charge is 0.459 e. The van der Waals surface area contributed by atoms with Crippen molar-refractivity contribution in [2.75, 3.05) is 13.2 Å². The standard InChI is InChI=1S/C61H56O15/c62-56(44-28-14-4-15-29-44)70-39-48-50(67-36-41-22-8-1-9-23-41)52(68-37-42-24-10-2-11-25-42)55(69-38-43-26-12-3-13-27-43)61(73-48)76-51-49(40-71-57(63)45-30-16-5-17-31-45)72-60(66)54(75-59(65)47-34-20-7-21-35-47)53(51)74-58(64)46-32-18-6-19-33-46/h1-35,48-55,60-61,66H,36-40H2/t48-,49-,50-,51+,52+,53+,54-,55+,60+,61-/m1/s1. The van der Waals surface area contributed by atoms with Crippen molar-refractivity contribution in [3.05, 3.63) is 251 Å². The van der Waals surface area contributed by atoms with Gasteiger partial charge in [-0.3, -0.25) is 0 Å². The lowest BCUT2D eigenvalue weighted by Gasteiger charge is -2.49. The van der Waals surface area contributed by atoms with Crippen molar-refractivity contribution in [3.63, 3.8) is 0 Å². The normalized spacial score (nSPS) is 23.1. The van der Waals surface area contributed by atoms with Crippen LogP contribution in [0, 0.1) is 0 Å². The van der Waals surface area contributed by atoms with Crippen molar-refractivity contribution >= 4 is 23.9 Å². The molecule has 2 saturated heterocycles. The molecule has 15 nitrogen and oxygen atoms in total. The third-order valence-corrected chi connectivity index (χ3v) is 12.6. The molecule has 2 fully saturated rings. The van der Waals surface area contributed by atoms with E-state index < -0.39 is 91.9 Å². The van der Waals surface area contributed by atoms with Crippen molar-refractivity contribution in [1.82, 2.24) is 0 Å². The molecule has 10 atom stereocenters. The number of hydrogen-bond acceptors (Lipinski definition) is 15. The average molecular weight is 1030 g/mol. The van der Waals surface area contributed by atoms with Crippen molar-refractivity contribution in [1.29, 1.82) is 0 Å². The number of rotatable bonds is 21. The fraction of sp³-hybridized carbons (Fsp3) is 0.246. The van der Waals surface area contributed by atoms with E-state index in [0.29, 0.717) is 5.56 Å². The van der Waals surface area contributed by atoms with Crippen LogP contribution >= 0.6 is 0 Å². The van der Waals surface area contributed by atoms with Gasteiger partial charge in [0, 0.05) is 0 Å². The summed E-state index contributed by atoms with van der Waals surface area (Å²) < 4.78 is 65.0. The SMILES string of the molecule is O=C(OC[C@H]1O[C@H](O)[C@H](OC(=O)c2ccccc2)[C@@H](OC(=O)c2ccccc2)[C@H]1O[C@H]1O[C@H](COC(=O)c2ccccc2)[C@@H](OCc2ccccc2)[C@H](OCc2ccccc2)[C@@H]1OCc1ccccc1)c1ccccc1. The van der Waals surface area contributed by atoms with E-state index in [4.69, 9.17) is 47.4 Å². The average Bonchev–Trinajstić information content (AvgIpc) is 3.51. The van der Waals surface area contributed by atoms with Crippen LogP contribution in [0.1, 0.15) is 58.1 Å². The molecule has 7 aromatic carbocycles. The summed E-state index contributed by atoms with van der Waals surface area (Å²) in [7, 11) is 0. The Balaban J connectivity index is 1.14. The van der Waals surface area contributed by atoms with Crippen molar-refractivity contribution in [2.45, 2.75) is 81.2 Å². The van der Waals surface area contributed by atoms with Crippen LogP contribution in [0.15, 0.2) is 212 Å². The maximum absolute atomic E-state index is 14.3. The molecule has 7 aromatic rings. The van der Waals surface area contributed by atoms with Gasteiger partial charge >= 0.3 is 23.9 Å². The lowest BCUT2D eigenvalue weighted by Crippen LogP contribution is -2.66. The van der Waals surface area contributed by atoms with Gasteiger partial charge < -0.3 is 52.5 Å². The Kier molecular flexibility index (Phi) is 18.5. The Bertz CT molecular complexity index is 2900. The Morgan fingerprint density at radius 1 is 0.355 bits per heavy atom. The highest BCUT2D eigenvalue weighted by atomic mass is 16.8. The number of hydrogen-bond donors (Lipinski definition) is 1. The van der Waals surface area contributed by atoms with Gasteiger partial charge in [-0.15, -0.1) is 0 Å². The van der Waals surface area contributed by atoms with Gasteiger partial charge in [0.05, 0.1) is 42.1 Å². The fourth-order valence-corrected chi connectivity index (χ4v) is 8.76. The lowest BCUT2D eigenvalue weighted by molar-refractivity contribution is -0.365. The van der Waals surface area contributed by atoms with Gasteiger partial charge in [-0.1, -0.05) is 164 Å². The molecule has 76 heavy (non-hydrogen) atoms. The summed E-state index contributed by atoms with van der Waals surface area (Å²) in [5.74, 6) is -3.13. The number of aliphatic hydroxyl groups excluding tert-OH is 1. The topological polar surface area (TPSA) is 181 Å². The van der Waals surface area contributed by atoms with Crippen molar-refractivity contribution < 1.29 is 71.7 Å². The first-order valence-corrected chi connectivity index (χ1v) is 24.8. The van der Waals surface area contributed by atoms with Gasteiger partial charge in [-0.2, -0.15) is 0 Å². The zero-order valence-electron chi connectivity index (χ0n) is 41.2. The summed E-state index contributed by atoms with van der Waals surface area (Å²) in [6, 6.07) is 61.1. The van der Waals surface area contributed by atoms with Gasteiger partial charge in [-0.05, 0) is 65.2 Å². The summed E-state index contributed by atoms with van der Waals surface area (Å²) in [5, 5.41) is 11.9. The molecule has 2 aliphatic heterocycles. The highest BCUT2D eigenvalue weighted by Gasteiger charge is 2.56. The smallest absolute Gasteiger partial charge is 0.338 e. The second-order valence-electron chi connectivity index (χ2n) is 17.9. The predicted molar refractivity (Wildman–Crippen MR) is 274 cm³/mol. The molecule has 2 aliphatic rings. The molecule has 0 unspecified atom stereocenters. The number of benzene rings is 7. The molecule has 0 bridgehead atoms. The Labute approximate surface area is 439 Å². The molecule has 0 spiro atoms. The summed E-state index contributed by atoms with van der Waals surface area (Å²) in [5.41, 5.74) is 3.17. The molecule has 15 heteroatoms. The molecule has 0 radical (unpaired) electrons. The molecule has 0 aromatic heterocycles. The quantitative estimate of drug-likeness (QED) is 0.0533. The van der Waals surface area contributed by atoms with Gasteiger partial charge in [0.15, 0.2) is 24.8 Å². The molecule has 0 aliphatic carbocycles. The van der Waals surface area contributed by atoms with E-state index in [1.165, 1.54) is 24.3 Å². The summed E-state index contributed by atoms with van der Waals surface area (Å²) >= 11 is 0. The number of carbonyl (C=O) groups excluding carboxylic acids is 4. The predicted octanol–water partition coefficient (Wildman–Crippen LogP) is 8.74. The van der Waals surface area contributed by atoms with E-state index in [1.807, 2.05) is 91.0 Å². The molecule has 0 saturated carbocycles. The monoisotopic (exact) mass is 1030 g/mol. The first kappa shape index (κ1) is 53.0. The molecular weight excluding hydrogens is 973 g/mol.